The molecule has 0 fully saturated rings. The van der Waals surface area contributed by atoms with Gasteiger partial charge in [0.1, 0.15) is 0 Å². The molecule has 0 atom stereocenters. The maximum Gasteiger partial charge on any atom is 0.344 e. The lowest BCUT2D eigenvalue weighted by Gasteiger charge is -2.09. The number of benzene rings is 1. The minimum atomic E-state index is -0.207. The van der Waals surface area contributed by atoms with Crippen molar-refractivity contribution in [3.05, 3.63) is 33.2 Å². The smallest absolute Gasteiger partial charge is 0.344 e. The molecule has 7 heteroatoms. The van der Waals surface area contributed by atoms with E-state index >= 15 is 0 Å². The second kappa shape index (κ2) is 5.19. The molecular weight excluding hydrogens is 316 g/mol. The summed E-state index contributed by atoms with van der Waals surface area (Å²) in [5.41, 5.74) is 6.36. The Morgan fingerprint density at radius 2 is 2.22 bits per heavy atom. The topological polar surface area (TPSA) is 76.7 Å². The van der Waals surface area contributed by atoms with Gasteiger partial charge in [-0.15, -0.1) is 5.10 Å². The fourth-order valence-corrected chi connectivity index (χ4v) is 3.08. The van der Waals surface area contributed by atoms with E-state index in [0.717, 1.165) is 9.37 Å². The third-order valence-electron chi connectivity index (χ3n) is 2.37. The van der Waals surface area contributed by atoms with Crippen LogP contribution in [0.2, 0.25) is 0 Å². The molecule has 3 N–H and O–H groups in total. The van der Waals surface area contributed by atoms with Crippen LogP contribution < -0.4 is 11.4 Å². The standard InChI is InChI=1S/C11H13BrN4OS/c1-6(2)16-10(17)14-15-11(16)18-9-5-7(12)3-4-8(9)13/h3-6H,13H2,1-2H3,(H,14,17). The maximum atomic E-state index is 11.6. The zero-order valence-corrected chi connectivity index (χ0v) is 12.4. The minimum Gasteiger partial charge on any atom is -0.398 e. The highest BCUT2D eigenvalue weighted by atomic mass is 79.9. The molecule has 0 aliphatic rings. The van der Waals surface area contributed by atoms with E-state index in [1.807, 2.05) is 32.0 Å². The third kappa shape index (κ3) is 2.62. The van der Waals surface area contributed by atoms with Crippen LogP contribution in [0, 0.1) is 0 Å². The van der Waals surface area contributed by atoms with Crippen LogP contribution in [-0.2, 0) is 0 Å². The van der Waals surface area contributed by atoms with Gasteiger partial charge in [0.25, 0.3) is 0 Å². The van der Waals surface area contributed by atoms with E-state index in [-0.39, 0.29) is 11.7 Å². The summed E-state index contributed by atoms with van der Waals surface area (Å²) >= 11 is 4.77. The molecule has 0 aliphatic carbocycles. The van der Waals surface area contributed by atoms with E-state index in [9.17, 15) is 4.79 Å². The Hall–Kier alpha value is -1.21. The largest absolute Gasteiger partial charge is 0.398 e. The summed E-state index contributed by atoms with van der Waals surface area (Å²) in [6.45, 7) is 3.87. The predicted octanol–water partition coefficient (Wildman–Crippen LogP) is 2.65. The van der Waals surface area contributed by atoms with Crippen LogP contribution >= 0.6 is 27.7 Å². The number of nitrogens with zero attached hydrogens (tertiary/aromatic N) is 2. The van der Waals surface area contributed by atoms with Crippen molar-refractivity contribution in [2.45, 2.75) is 29.9 Å². The molecule has 0 bridgehead atoms. The second-order valence-electron chi connectivity index (χ2n) is 4.06. The molecule has 2 rings (SSSR count). The van der Waals surface area contributed by atoms with Gasteiger partial charge >= 0.3 is 5.69 Å². The van der Waals surface area contributed by atoms with Crippen LogP contribution in [0.25, 0.3) is 0 Å². The number of nitrogens with two attached hydrogens (primary N) is 1. The van der Waals surface area contributed by atoms with Crippen molar-refractivity contribution in [3.8, 4) is 0 Å². The van der Waals surface area contributed by atoms with E-state index in [0.29, 0.717) is 10.8 Å². The van der Waals surface area contributed by atoms with Crippen LogP contribution in [-0.4, -0.2) is 14.8 Å². The fraction of sp³-hybridized carbons (Fsp3) is 0.273. The number of aromatic amines is 1. The third-order valence-corrected chi connectivity index (χ3v) is 3.90. The van der Waals surface area contributed by atoms with E-state index in [4.69, 9.17) is 5.73 Å². The highest BCUT2D eigenvalue weighted by Crippen LogP contribution is 2.33. The van der Waals surface area contributed by atoms with Gasteiger partial charge in [-0.2, -0.15) is 0 Å². The minimum absolute atomic E-state index is 0.0483. The molecule has 0 saturated carbocycles. The molecule has 5 nitrogen and oxygen atoms in total. The molecule has 0 amide bonds. The van der Waals surface area contributed by atoms with Gasteiger partial charge in [-0.1, -0.05) is 15.9 Å². The fourth-order valence-electron chi connectivity index (χ4n) is 1.51. The van der Waals surface area contributed by atoms with Crippen LogP contribution in [0.1, 0.15) is 19.9 Å². The number of aromatic nitrogens is 3. The van der Waals surface area contributed by atoms with Crippen molar-refractivity contribution in [3.63, 3.8) is 0 Å². The van der Waals surface area contributed by atoms with Crippen molar-refractivity contribution >= 4 is 33.4 Å². The van der Waals surface area contributed by atoms with Crippen molar-refractivity contribution < 1.29 is 0 Å². The van der Waals surface area contributed by atoms with Gasteiger partial charge in [0.05, 0.1) is 0 Å². The molecule has 0 radical (unpaired) electrons. The van der Waals surface area contributed by atoms with Crippen molar-refractivity contribution in [2.24, 2.45) is 0 Å². The number of hydrogen-bond donors (Lipinski definition) is 2. The van der Waals surface area contributed by atoms with Crippen LogP contribution in [0.4, 0.5) is 5.69 Å². The summed E-state index contributed by atoms with van der Waals surface area (Å²) in [7, 11) is 0. The predicted molar refractivity (Wildman–Crippen MR) is 75.9 cm³/mol. The first-order valence-electron chi connectivity index (χ1n) is 5.39. The highest BCUT2D eigenvalue weighted by molar-refractivity contribution is 9.10. The Labute approximate surface area is 117 Å². The Morgan fingerprint density at radius 3 is 2.89 bits per heavy atom. The zero-order chi connectivity index (χ0) is 13.3. The normalized spacial score (nSPS) is 11.1. The number of anilines is 1. The summed E-state index contributed by atoms with van der Waals surface area (Å²) in [4.78, 5) is 12.5. The van der Waals surface area contributed by atoms with Gasteiger partial charge in [0, 0.05) is 21.1 Å². The molecule has 1 heterocycles. The summed E-state index contributed by atoms with van der Waals surface area (Å²) < 4.78 is 2.54. The number of nitrogens with one attached hydrogen (secondary N) is 1. The number of nitrogen functional groups attached to an aromatic ring is 1. The molecule has 0 aliphatic heterocycles. The van der Waals surface area contributed by atoms with Gasteiger partial charge < -0.3 is 5.73 Å². The Morgan fingerprint density at radius 1 is 1.50 bits per heavy atom. The number of hydrogen-bond acceptors (Lipinski definition) is 4. The number of halogens is 1. The number of H-pyrrole nitrogens is 1. The van der Waals surface area contributed by atoms with E-state index in [1.165, 1.54) is 11.8 Å². The summed E-state index contributed by atoms with van der Waals surface area (Å²) in [5, 5.41) is 7.09. The maximum absolute atomic E-state index is 11.6. The molecule has 2 aromatic rings. The monoisotopic (exact) mass is 328 g/mol. The lowest BCUT2D eigenvalue weighted by molar-refractivity contribution is 0.534. The molecular formula is C11H13BrN4OS. The van der Waals surface area contributed by atoms with Crippen LogP contribution in [0.3, 0.4) is 0 Å². The van der Waals surface area contributed by atoms with Gasteiger partial charge in [0.2, 0.25) is 0 Å². The molecule has 0 spiro atoms. The van der Waals surface area contributed by atoms with Gasteiger partial charge in [-0.05, 0) is 43.8 Å². The van der Waals surface area contributed by atoms with Gasteiger partial charge in [0.15, 0.2) is 5.16 Å². The molecule has 0 saturated heterocycles. The molecule has 0 unspecified atom stereocenters. The van der Waals surface area contributed by atoms with Crippen molar-refractivity contribution in [1.82, 2.24) is 14.8 Å². The lowest BCUT2D eigenvalue weighted by atomic mass is 10.3. The van der Waals surface area contributed by atoms with Gasteiger partial charge in [-0.3, -0.25) is 4.57 Å². The molecule has 96 valence electrons. The van der Waals surface area contributed by atoms with Crippen molar-refractivity contribution in [1.29, 1.82) is 0 Å². The summed E-state index contributed by atoms with van der Waals surface area (Å²) in [6.07, 6.45) is 0. The molecule has 1 aromatic heterocycles. The first kappa shape index (κ1) is 13.2. The second-order valence-corrected chi connectivity index (χ2v) is 5.98. The van der Waals surface area contributed by atoms with E-state index < -0.39 is 0 Å². The quantitative estimate of drug-likeness (QED) is 0.849. The average molecular weight is 329 g/mol. The summed E-state index contributed by atoms with van der Waals surface area (Å²) in [5.74, 6) is 0. The average Bonchev–Trinajstić information content (AvgIpc) is 2.65. The van der Waals surface area contributed by atoms with E-state index in [2.05, 4.69) is 26.1 Å². The Kier molecular flexibility index (Phi) is 3.82. The summed E-state index contributed by atoms with van der Waals surface area (Å²) in [6, 6.07) is 5.65. The lowest BCUT2D eigenvalue weighted by Crippen LogP contribution is -2.19. The van der Waals surface area contributed by atoms with Gasteiger partial charge in [-0.25, -0.2) is 9.89 Å². The zero-order valence-electron chi connectivity index (χ0n) is 9.98. The van der Waals surface area contributed by atoms with E-state index in [1.54, 1.807) is 4.57 Å². The Bertz CT molecular complexity index is 620. The SMILES string of the molecule is CC(C)n1c(Sc2cc(Br)ccc2N)n[nH]c1=O. The van der Waals surface area contributed by atoms with Crippen LogP contribution in [0.15, 0.2) is 37.5 Å². The molecule has 18 heavy (non-hydrogen) atoms. The van der Waals surface area contributed by atoms with Crippen molar-refractivity contribution in [2.75, 3.05) is 5.73 Å². The Balaban J connectivity index is 2.40. The number of rotatable bonds is 3. The highest BCUT2D eigenvalue weighted by Gasteiger charge is 2.14. The van der Waals surface area contributed by atoms with Crippen LogP contribution in [0.5, 0.6) is 0 Å². The molecule has 1 aromatic carbocycles. The first-order valence-corrected chi connectivity index (χ1v) is 6.99. The first-order chi connectivity index (χ1) is 8.49.